The summed E-state index contributed by atoms with van der Waals surface area (Å²) < 4.78 is 0. The second-order valence-electron chi connectivity index (χ2n) is 5.95. The quantitative estimate of drug-likeness (QED) is 0.909. The summed E-state index contributed by atoms with van der Waals surface area (Å²) in [6.45, 7) is 7.65. The van der Waals surface area contributed by atoms with Crippen molar-refractivity contribution in [1.29, 1.82) is 0 Å². The number of nitrogens with zero attached hydrogens (tertiary/aromatic N) is 2. The summed E-state index contributed by atoms with van der Waals surface area (Å²) in [5.74, 6) is -0.156. The van der Waals surface area contributed by atoms with Gasteiger partial charge >= 0.3 is 0 Å². The van der Waals surface area contributed by atoms with Crippen LogP contribution in [0.25, 0.3) is 0 Å². The van der Waals surface area contributed by atoms with Gasteiger partial charge in [-0.15, -0.1) is 0 Å². The summed E-state index contributed by atoms with van der Waals surface area (Å²) in [6, 6.07) is 3.72. The van der Waals surface area contributed by atoms with E-state index in [1.807, 2.05) is 19.1 Å². The molecule has 0 aromatic carbocycles. The SMILES string of the molecule is CCC1(C)NC(=O)C(C)(C)N(Cc2ccncc2)C1=O. The number of hydrogen-bond donors (Lipinski definition) is 1. The molecule has 0 spiro atoms. The maximum absolute atomic E-state index is 12.7. The van der Waals surface area contributed by atoms with Gasteiger partial charge in [-0.3, -0.25) is 14.6 Å². The maximum atomic E-state index is 12.7. The standard InChI is InChI=1S/C15H21N3O2/c1-5-15(4)13(20)18(14(2,3)12(19)17-15)10-11-6-8-16-9-7-11/h6-9H,5,10H2,1-4H3,(H,17,19). The van der Waals surface area contributed by atoms with Crippen molar-refractivity contribution >= 4 is 11.8 Å². The lowest BCUT2D eigenvalue weighted by atomic mass is 9.86. The van der Waals surface area contributed by atoms with Gasteiger partial charge in [-0.25, -0.2) is 0 Å². The van der Waals surface area contributed by atoms with Crippen molar-refractivity contribution in [2.45, 2.75) is 51.7 Å². The Labute approximate surface area is 119 Å². The molecule has 1 aromatic rings. The second-order valence-corrected chi connectivity index (χ2v) is 5.95. The molecule has 1 aliphatic rings. The minimum atomic E-state index is -0.852. The molecule has 1 fully saturated rings. The zero-order chi connectivity index (χ0) is 15.0. The summed E-state index contributed by atoms with van der Waals surface area (Å²) in [6.07, 6.45) is 3.95. The van der Waals surface area contributed by atoms with Crippen LogP contribution in [0.4, 0.5) is 0 Å². The lowest BCUT2D eigenvalue weighted by Gasteiger charge is -2.48. The minimum Gasteiger partial charge on any atom is -0.340 e. The van der Waals surface area contributed by atoms with Gasteiger partial charge in [0.15, 0.2) is 0 Å². The number of nitrogens with one attached hydrogen (secondary N) is 1. The molecule has 5 heteroatoms. The largest absolute Gasteiger partial charge is 0.340 e. The molecule has 1 unspecified atom stereocenters. The fraction of sp³-hybridized carbons (Fsp3) is 0.533. The normalized spacial score (nSPS) is 25.5. The molecule has 0 bridgehead atoms. The van der Waals surface area contributed by atoms with E-state index < -0.39 is 11.1 Å². The van der Waals surface area contributed by atoms with Crippen LogP contribution in [0.5, 0.6) is 0 Å². The van der Waals surface area contributed by atoms with Gasteiger partial charge in [0, 0.05) is 18.9 Å². The molecular weight excluding hydrogens is 254 g/mol. The number of rotatable bonds is 3. The van der Waals surface area contributed by atoms with E-state index in [1.54, 1.807) is 38.1 Å². The summed E-state index contributed by atoms with van der Waals surface area (Å²) in [4.78, 5) is 30.7. The van der Waals surface area contributed by atoms with Crippen LogP contribution in [0.1, 0.15) is 39.7 Å². The van der Waals surface area contributed by atoms with E-state index in [1.165, 1.54) is 0 Å². The van der Waals surface area contributed by atoms with Crippen LogP contribution < -0.4 is 5.32 Å². The summed E-state index contributed by atoms with van der Waals surface area (Å²) in [5.41, 5.74) is -0.705. The average molecular weight is 275 g/mol. The van der Waals surface area contributed by atoms with E-state index in [2.05, 4.69) is 10.3 Å². The number of aromatic nitrogens is 1. The number of pyridine rings is 1. The molecule has 1 atom stereocenters. The highest BCUT2D eigenvalue weighted by molar-refractivity contribution is 6.01. The number of hydrogen-bond acceptors (Lipinski definition) is 3. The first kappa shape index (κ1) is 14.5. The molecule has 0 aliphatic carbocycles. The highest BCUT2D eigenvalue weighted by Gasteiger charge is 2.51. The monoisotopic (exact) mass is 275 g/mol. The third-order valence-electron chi connectivity index (χ3n) is 4.13. The number of amides is 2. The molecule has 2 rings (SSSR count). The van der Waals surface area contributed by atoms with Crippen LogP contribution in [-0.2, 0) is 16.1 Å². The average Bonchev–Trinajstić information content (AvgIpc) is 2.43. The smallest absolute Gasteiger partial charge is 0.249 e. The molecule has 1 aromatic heterocycles. The van der Waals surface area contributed by atoms with Crippen molar-refractivity contribution < 1.29 is 9.59 Å². The molecule has 0 saturated carbocycles. The Hall–Kier alpha value is -1.91. The highest BCUT2D eigenvalue weighted by atomic mass is 16.2. The molecular formula is C15H21N3O2. The van der Waals surface area contributed by atoms with Gasteiger partial charge in [0.2, 0.25) is 11.8 Å². The lowest BCUT2D eigenvalue weighted by Crippen LogP contribution is -2.72. The van der Waals surface area contributed by atoms with Gasteiger partial charge < -0.3 is 10.2 Å². The highest BCUT2D eigenvalue weighted by Crippen LogP contribution is 2.29. The van der Waals surface area contributed by atoms with Crippen molar-refractivity contribution in [2.24, 2.45) is 0 Å². The minimum absolute atomic E-state index is 0.0404. The first-order chi connectivity index (χ1) is 9.31. The Balaban J connectivity index is 2.36. The molecule has 1 saturated heterocycles. The first-order valence-electron chi connectivity index (χ1n) is 6.85. The first-order valence-corrected chi connectivity index (χ1v) is 6.85. The zero-order valence-corrected chi connectivity index (χ0v) is 12.4. The maximum Gasteiger partial charge on any atom is 0.249 e. The van der Waals surface area contributed by atoms with Crippen molar-refractivity contribution in [1.82, 2.24) is 15.2 Å². The molecule has 1 aliphatic heterocycles. The molecule has 108 valence electrons. The molecule has 2 amide bonds. The number of carbonyl (C=O) groups excluding carboxylic acids is 2. The summed E-state index contributed by atoms with van der Waals surface area (Å²) >= 11 is 0. The van der Waals surface area contributed by atoms with Gasteiger partial charge in [-0.1, -0.05) is 6.92 Å². The van der Waals surface area contributed by atoms with Crippen molar-refractivity contribution in [2.75, 3.05) is 0 Å². The van der Waals surface area contributed by atoms with Gasteiger partial charge in [-0.05, 0) is 44.9 Å². The van der Waals surface area contributed by atoms with Crippen molar-refractivity contribution in [3.8, 4) is 0 Å². The lowest BCUT2D eigenvalue weighted by molar-refractivity contribution is -0.161. The van der Waals surface area contributed by atoms with E-state index in [4.69, 9.17) is 0 Å². The second kappa shape index (κ2) is 4.89. The molecule has 2 heterocycles. The Morgan fingerprint density at radius 3 is 2.35 bits per heavy atom. The van der Waals surface area contributed by atoms with Crippen molar-refractivity contribution in [3.63, 3.8) is 0 Å². The van der Waals surface area contributed by atoms with Crippen LogP contribution in [0.3, 0.4) is 0 Å². The molecule has 5 nitrogen and oxygen atoms in total. The summed E-state index contributed by atoms with van der Waals surface area (Å²) in [7, 11) is 0. The van der Waals surface area contributed by atoms with E-state index in [9.17, 15) is 9.59 Å². The fourth-order valence-electron chi connectivity index (χ4n) is 2.31. The molecule has 20 heavy (non-hydrogen) atoms. The van der Waals surface area contributed by atoms with Gasteiger partial charge in [0.1, 0.15) is 11.1 Å². The Morgan fingerprint density at radius 1 is 1.20 bits per heavy atom. The van der Waals surface area contributed by atoms with Crippen LogP contribution in [0.2, 0.25) is 0 Å². The number of piperazine rings is 1. The Bertz CT molecular complexity index is 527. The van der Waals surface area contributed by atoms with Crippen LogP contribution in [0.15, 0.2) is 24.5 Å². The van der Waals surface area contributed by atoms with Crippen LogP contribution in [0, 0.1) is 0 Å². The van der Waals surface area contributed by atoms with Crippen molar-refractivity contribution in [3.05, 3.63) is 30.1 Å². The van der Waals surface area contributed by atoms with E-state index in [0.717, 1.165) is 5.56 Å². The zero-order valence-electron chi connectivity index (χ0n) is 12.4. The predicted molar refractivity (Wildman–Crippen MR) is 75.7 cm³/mol. The third kappa shape index (κ3) is 2.28. The van der Waals surface area contributed by atoms with Gasteiger partial charge in [0.05, 0.1) is 0 Å². The van der Waals surface area contributed by atoms with E-state index >= 15 is 0 Å². The van der Waals surface area contributed by atoms with Crippen LogP contribution in [-0.4, -0.2) is 32.8 Å². The third-order valence-corrected chi connectivity index (χ3v) is 4.13. The van der Waals surface area contributed by atoms with Crippen LogP contribution >= 0.6 is 0 Å². The topological polar surface area (TPSA) is 62.3 Å². The predicted octanol–water partition coefficient (Wildman–Crippen LogP) is 1.49. The fourth-order valence-corrected chi connectivity index (χ4v) is 2.31. The molecule has 1 N–H and O–H groups in total. The Morgan fingerprint density at radius 2 is 1.80 bits per heavy atom. The molecule has 0 radical (unpaired) electrons. The summed E-state index contributed by atoms with van der Waals surface area (Å²) in [5, 5.41) is 2.86. The van der Waals surface area contributed by atoms with E-state index in [-0.39, 0.29) is 11.8 Å². The Kier molecular flexibility index (Phi) is 3.54. The number of carbonyl (C=O) groups is 2. The van der Waals surface area contributed by atoms with Gasteiger partial charge in [-0.2, -0.15) is 0 Å². The van der Waals surface area contributed by atoms with Gasteiger partial charge in [0.25, 0.3) is 0 Å². The van der Waals surface area contributed by atoms with E-state index in [0.29, 0.717) is 13.0 Å².